The lowest BCUT2D eigenvalue weighted by molar-refractivity contribution is -0.117. The first-order chi connectivity index (χ1) is 10.7. The zero-order chi connectivity index (χ0) is 15.7. The van der Waals surface area contributed by atoms with Gasteiger partial charge in [0.1, 0.15) is 11.4 Å². The smallest absolute Gasteiger partial charge is 0.227 e. The highest BCUT2D eigenvalue weighted by Gasteiger charge is 2.43. The molecule has 0 atom stereocenters. The quantitative estimate of drug-likeness (QED) is 0.470. The van der Waals surface area contributed by atoms with E-state index in [1.165, 1.54) is 6.08 Å². The molecular weight excluding hydrogens is 282 g/mol. The third-order valence-corrected chi connectivity index (χ3v) is 3.90. The molecule has 3 saturated heterocycles. The van der Waals surface area contributed by atoms with E-state index in [2.05, 4.69) is 0 Å². The monoisotopic (exact) mass is 305 g/mol. The van der Waals surface area contributed by atoms with Gasteiger partial charge in [-0.3, -0.25) is 9.59 Å². The Bertz CT molecular complexity index is 540. The molecule has 22 heavy (non-hydrogen) atoms. The summed E-state index contributed by atoms with van der Waals surface area (Å²) in [7, 11) is 0. The van der Waals surface area contributed by atoms with E-state index in [1.807, 2.05) is 14.7 Å². The Morgan fingerprint density at radius 3 is 1.73 bits per heavy atom. The number of ketones is 2. The lowest BCUT2D eigenvalue weighted by Gasteiger charge is -2.21. The van der Waals surface area contributed by atoms with Crippen LogP contribution in [0.15, 0.2) is 23.2 Å². The average molecular weight is 305 g/mol. The van der Waals surface area contributed by atoms with Gasteiger partial charge in [-0.25, -0.2) is 0 Å². The molecule has 0 unspecified atom stereocenters. The minimum Gasteiger partial charge on any atom is -0.365 e. The maximum absolute atomic E-state index is 12.4. The van der Waals surface area contributed by atoms with Crippen LogP contribution in [0.4, 0.5) is 0 Å². The average Bonchev–Trinajstić information content (AvgIpc) is 3.37. The summed E-state index contributed by atoms with van der Waals surface area (Å²) < 4.78 is 0. The first kappa shape index (κ1) is 15.1. The van der Waals surface area contributed by atoms with Gasteiger partial charge < -0.3 is 26.2 Å². The van der Waals surface area contributed by atoms with Crippen LogP contribution in [-0.2, 0) is 9.59 Å². The van der Waals surface area contributed by atoms with Gasteiger partial charge >= 0.3 is 0 Å². The highest BCUT2D eigenvalue weighted by molar-refractivity contribution is 6.22. The SMILES string of the molecule is NCCCN.O=C1C=C(N2CC2)C(=O)C(N2CC2)=C1N1CC1. The van der Waals surface area contributed by atoms with Crippen LogP contribution in [0.3, 0.4) is 0 Å². The minimum atomic E-state index is 0.00546. The number of nitrogens with two attached hydrogens (primary N) is 2. The van der Waals surface area contributed by atoms with Gasteiger partial charge in [0, 0.05) is 45.3 Å². The molecule has 4 rings (SSSR count). The van der Waals surface area contributed by atoms with Gasteiger partial charge in [-0.05, 0) is 19.5 Å². The predicted molar refractivity (Wildman–Crippen MR) is 82.6 cm³/mol. The fraction of sp³-hybridized carbons (Fsp3) is 0.600. The van der Waals surface area contributed by atoms with Crippen molar-refractivity contribution in [3.05, 3.63) is 23.2 Å². The van der Waals surface area contributed by atoms with Crippen LogP contribution in [-0.4, -0.2) is 78.6 Å². The van der Waals surface area contributed by atoms with Crippen molar-refractivity contribution >= 4 is 11.6 Å². The second-order valence-electron chi connectivity index (χ2n) is 5.81. The Balaban J connectivity index is 0.000000254. The van der Waals surface area contributed by atoms with Crippen molar-refractivity contribution in [3.8, 4) is 0 Å². The Kier molecular flexibility index (Phi) is 4.17. The van der Waals surface area contributed by atoms with Crippen molar-refractivity contribution in [3.63, 3.8) is 0 Å². The number of Topliss-reactive ketones (excluding diaryl/α,β-unsaturated/α-hetero) is 1. The van der Waals surface area contributed by atoms with Gasteiger partial charge in [0.15, 0.2) is 0 Å². The molecule has 3 aliphatic heterocycles. The van der Waals surface area contributed by atoms with E-state index in [9.17, 15) is 9.59 Å². The molecule has 0 spiro atoms. The van der Waals surface area contributed by atoms with Crippen LogP contribution < -0.4 is 11.5 Å². The Labute approximate surface area is 130 Å². The molecule has 0 aromatic rings. The summed E-state index contributed by atoms with van der Waals surface area (Å²) in [6, 6.07) is 0. The lowest BCUT2D eigenvalue weighted by atomic mass is 10.0. The Morgan fingerprint density at radius 1 is 0.818 bits per heavy atom. The number of allylic oxidation sites excluding steroid dienone is 1. The summed E-state index contributed by atoms with van der Waals surface area (Å²) in [5.41, 5.74) is 12.0. The van der Waals surface area contributed by atoms with Crippen molar-refractivity contribution in [1.29, 1.82) is 0 Å². The first-order valence-electron chi connectivity index (χ1n) is 7.87. The van der Waals surface area contributed by atoms with Gasteiger partial charge in [0.2, 0.25) is 11.6 Å². The van der Waals surface area contributed by atoms with Crippen molar-refractivity contribution in [2.75, 3.05) is 52.4 Å². The molecular formula is C15H23N5O2. The number of nitrogens with zero attached hydrogens (tertiary/aromatic N) is 3. The van der Waals surface area contributed by atoms with Gasteiger partial charge in [-0.15, -0.1) is 0 Å². The normalized spacial score (nSPS) is 22.5. The zero-order valence-electron chi connectivity index (χ0n) is 12.8. The van der Waals surface area contributed by atoms with Crippen molar-refractivity contribution in [1.82, 2.24) is 14.7 Å². The molecule has 4 aliphatic rings. The highest BCUT2D eigenvalue weighted by atomic mass is 16.1. The molecule has 7 nitrogen and oxygen atoms in total. The fourth-order valence-electron chi connectivity index (χ4n) is 2.39. The third kappa shape index (κ3) is 3.15. The first-order valence-corrected chi connectivity index (χ1v) is 7.87. The molecule has 3 fully saturated rings. The topological polar surface area (TPSA) is 95.2 Å². The van der Waals surface area contributed by atoms with E-state index >= 15 is 0 Å². The predicted octanol–water partition coefficient (Wildman–Crippen LogP) is -1.53. The van der Waals surface area contributed by atoms with Crippen LogP contribution in [0, 0.1) is 0 Å². The van der Waals surface area contributed by atoms with Crippen molar-refractivity contribution in [2.45, 2.75) is 6.42 Å². The Morgan fingerprint density at radius 2 is 1.32 bits per heavy atom. The summed E-state index contributed by atoms with van der Waals surface area (Å²) >= 11 is 0. The second-order valence-corrected chi connectivity index (χ2v) is 5.81. The molecule has 0 aromatic carbocycles. The van der Waals surface area contributed by atoms with Gasteiger partial charge in [0.25, 0.3) is 0 Å². The van der Waals surface area contributed by atoms with E-state index in [0.29, 0.717) is 17.1 Å². The van der Waals surface area contributed by atoms with Crippen LogP contribution in [0.2, 0.25) is 0 Å². The molecule has 0 radical (unpaired) electrons. The lowest BCUT2D eigenvalue weighted by Crippen LogP contribution is -2.29. The van der Waals surface area contributed by atoms with E-state index in [-0.39, 0.29) is 11.6 Å². The van der Waals surface area contributed by atoms with E-state index in [4.69, 9.17) is 11.5 Å². The summed E-state index contributed by atoms with van der Waals surface area (Å²) in [4.78, 5) is 30.5. The molecule has 120 valence electrons. The number of rotatable bonds is 5. The molecule has 0 aromatic heterocycles. The summed E-state index contributed by atoms with van der Waals surface area (Å²) in [6.45, 7) is 6.84. The molecule has 0 amide bonds. The second kappa shape index (κ2) is 6.10. The van der Waals surface area contributed by atoms with Crippen molar-refractivity contribution < 1.29 is 9.59 Å². The molecule has 4 N–H and O–H groups in total. The third-order valence-electron chi connectivity index (χ3n) is 3.90. The number of carbonyl (C=O) groups excluding carboxylic acids is 2. The number of hydrogen-bond donors (Lipinski definition) is 2. The van der Waals surface area contributed by atoms with Crippen LogP contribution in [0.5, 0.6) is 0 Å². The van der Waals surface area contributed by atoms with Crippen LogP contribution in [0.1, 0.15) is 6.42 Å². The molecule has 7 heteroatoms. The van der Waals surface area contributed by atoms with Gasteiger partial charge in [-0.2, -0.15) is 0 Å². The van der Waals surface area contributed by atoms with Gasteiger partial charge in [0.05, 0.1) is 5.70 Å². The van der Waals surface area contributed by atoms with E-state index < -0.39 is 0 Å². The number of hydrogen-bond acceptors (Lipinski definition) is 7. The van der Waals surface area contributed by atoms with Crippen molar-refractivity contribution in [2.24, 2.45) is 11.5 Å². The maximum Gasteiger partial charge on any atom is 0.227 e. The van der Waals surface area contributed by atoms with Crippen LogP contribution >= 0.6 is 0 Å². The number of carbonyl (C=O) groups is 2. The molecule has 0 bridgehead atoms. The molecule has 1 aliphatic carbocycles. The summed E-state index contributed by atoms with van der Waals surface area (Å²) in [5, 5.41) is 0. The summed E-state index contributed by atoms with van der Waals surface area (Å²) in [6.07, 6.45) is 2.47. The van der Waals surface area contributed by atoms with E-state index in [0.717, 1.165) is 58.8 Å². The standard InChI is InChI=1S/C12H13N3O2.C3H10N2/c16-9-7-8(13-1-2-13)12(17)11(15-5-6-15)10(9)14-3-4-14;4-2-1-3-5/h7H,1-6H2;1-5H2. The summed E-state index contributed by atoms with van der Waals surface area (Å²) in [5.74, 6) is 0.0485. The molecule has 3 heterocycles. The minimum absolute atomic E-state index is 0.00546. The highest BCUT2D eigenvalue weighted by Crippen LogP contribution is 2.33. The fourth-order valence-corrected chi connectivity index (χ4v) is 2.39. The van der Waals surface area contributed by atoms with Crippen LogP contribution in [0.25, 0.3) is 0 Å². The molecule has 0 saturated carbocycles. The largest absolute Gasteiger partial charge is 0.365 e. The zero-order valence-corrected chi connectivity index (χ0v) is 12.8. The maximum atomic E-state index is 12.4. The van der Waals surface area contributed by atoms with Gasteiger partial charge in [-0.1, -0.05) is 0 Å². The van der Waals surface area contributed by atoms with E-state index in [1.54, 1.807) is 0 Å². The Hall–Kier alpha value is -1.86.